The van der Waals surface area contributed by atoms with E-state index in [1.165, 1.54) is 0 Å². The number of nitrogens with one attached hydrogen (secondary N) is 2. The van der Waals surface area contributed by atoms with E-state index in [1.807, 2.05) is 0 Å². The van der Waals surface area contributed by atoms with E-state index >= 15 is 0 Å². The van der Waals surface area contributed by atoms with Crippen molar-refractivity contribution in [2.24, 2.45) is 11.3 Å². The van der Waals surface area contributed by atoms with E-state index < -0.39 is 0 Å². The Kier molecular flexibility index (Phi) is 6.63. The smallest absolute Gasteiger partial charge is 0.158 e. The van der Waals surface area contributed by atoms with Crippen LogP contribution in [0.15, 0.2) is 6.07 Å². The number of nitrogen functional groups attached to an aromatic ring is 1. The Morgan fingerprint density at radius 3 is 2.50 bits per heavy atom. The van der Waals surface area contributed by atoms with Crippen LogP contribution < -0.4 is 16.6 Å². The van der Waals surface area contributed by atoms with Crippen LogP contribution in [0.2, 0.25) is 0 Å². The highest BCUT2D eigenvalue weighted by Crippen LogP contribution is 2.21. The predicted molar refractivity (Wildman–Crippen MR) is 79.3 cm³/mol. The van der Waals surface area contributed by atoms with Gasteiger partial charge in [0.1, 0.15) is 18.2 Å². The molecule has 0 fully saturated rings. The molecular formula is C13H25N5O2. The zero-order valence-corrected chi connectivity index (χ0v) is 12.7. The lowest BCUT2D eigenvalue weighted by atomic mass is 9.90. The molecule has 0 radical (unpaired) electrons. The number of hydrazine groups is 1. The summed E-state index contributed by atoms with van der Waals surface area (Å²) in [4.78, 5) is 8.58. The average Bonchev–Trinajstić information content (AvgIpc) is 2.43. The number of hydrogen-bond donors (Lipinski definition) is 3. The van der Waals surface area contributed by atoms with Gasteiger partial charge in [-0.05, 0) is 11.8 Å². The standard InChI is InChI=1S/C13H25N5O2/c1-13(2,5-6-19-3)9-15-10-7-11(18-14)17-12(16-10)8-20-4/h7H,5-6,8-9,14H2,1-4H3,(H2,15,16,17,18). The molecule has 0 spiro atoms. The lowest BCUT2D eigenvalue weighted by Gasteiger charge is -2.25. The molecule has 1 aromatic heterocycles. The van der Waals surface area contributed by atoms with Gasteiger partial charge in [0, 0.05) is 33.4 Å². The molecule has 7 heteroatoms. The van der Waals surface area contributed by atoms with E-state index in [0.717, 1.165) is 25.4 Å². The van der Waals surface area contributed by atoms with Crippen molar-refractivity contribution in [3.05, 3.63) is 11.9 Å². The van der Waals surface area contributed by atoms with Crippen molar-refractivity contribution in [1.29, 1.82) is 0 Å². The quantitative estimate of drug-likeness (QED) is 0.465. The fourth-order valence-corrected chi connectivity index (χ4v) is 1.65. The Balaban J connectivity index is 2.68. The molecule has 0 aliphatic heterocycles. The first kappa shape index (κ1) is 16.6. The molecule has 1 aromatic rings. The van der Waals surface area contributed by atoms with Crippen molar-refractivity contribution in [2.45, 2.75) is 26.9 Å². The molecule has 20 heavy (non-hydrogen) atoms. The minimum Gasteiger partial charge on any atom is -0.385 e. The summed E-state index contributed by atoms with van der Waals surface area (Å²) < 4.78 is 10.2. The molecule has 0 bridgehead atoms. The maximum absolute atomic E-state index is 5.41. The fourth-order valence-electron chi connectivity index (χ4n) is 1.65. The minimum absolute atomic E-state index is 0.110. The Hall–Kier alpha value is -1.44. The van der Waals surface area contributed by atoms with Crippen LogP contribution in [0.25, 0.3) is 0 Å². The second-order valence-corrected chi connectivity index (χ2v) is 5.39. The number of nitrogens with zero attached hydrogens (tertiary/aromatic N) is 2. The van der Waals surface area contributed by atoms with Crippen LogP contribution in [0, 0.1) is 5.41 Å². The van der Waals surface area contributed by atoms with Gasteiger partial charge in [-0.1, -0.05) is 13.8 Å². The monoisotopic (exact) mass is 283 g/mol. The van der Waals surface area contributed by atoms with Crippen LogP contribution in [0.4, 0.5) is 11.6 Å². The molecule has 0 unspecified atom stereocenters. The van der Waals surface area contributed by atoms with Crippen LogP contribution in [0.3, 0.4) is 0 Å². The summed E-state index contributed by atoms with van der Waals surface area (Å²) >= 11 is 0. The van der Waals surface area contributed by atoms with E-state index in [-0.39, 0.29) is 5.41 Å². The Bertz CT molecular complexity index is 412. The first-order valence-corrected chi connectivity index (χ1v) is 6.57. The third-order valence-corrected chi connectivity index (χ3v) is 2.92. The second kappa shape index (κ2) is 7.98. The zero-order chi connectivity index (χ0) is 15.0. The summed E-state index contributed by atoms with van der Waals surface area (Å²) in [6, 6.07) is 1.77. The Morgan fingerprint density at radius 2 is 1.90 bits per heavy atom. The molecule has 0 amide bonds. The molecule has 0 aliphatic carbocycles. The molecule has 0 saturated heterocycles. The lowest BCUT2D eigenvalue weighted by Crippen LogP contribution is -2.25. The maximum atomic E-state index is 5.41. The number of nitrogens with two attached hydrogens (primary N) is 1. The number of methoxy groups -OCH3 is 2. The van der Waals surface area contributed by atoms with Gasteiger partial charge in [-0.3, -0.25) is 0 Å². The normalized spacial score (nSPS) is 11.4. The van der Waals surface area contributed by atoms with Crippen LogP contribution in [0.1, 0.15) is 26.1 Å². The summed E-state index contributed by atoms with van der Waals surface area (Å²) in [6.45, 7) is 6.22. The van der Waals surface area contributed by atoms with Crippen molar-refractivity contribution < 1.29 is 9.47 Å². The largest absolute Gasteiger partial charge is 0.385 e. The first-order valence-electron chi connectivity index (χ1n) is 6.57. The minimum atomic E-state index is 0.110. The molecular weight excluding hydrogens is 258 g/mol. The predicted octanol–water partition coefficient (Wildman–Crippen LogP) is 1.38. The van der Waals surface area contributed by atoms with Gasteiger partial charge in [-0.15, -0.1) is 0 Å². The van der Waals surface area contributed by atoms with Crippen LogP contribution in [-0.2, 0) is 16.1 Å². The van der Waals surface area contributed by atoms with Gasteiger partial charge in [-0.2, -0.15) is 0 Å². The highest BCUT2D eigenvalue weighted by atomic mass is 16.5. The van der Waals surface area contributed by atoms with Gasteiger partial charge in [0.2, 0.25) is 0 Å². The van der Waals surface area contributed by atoms with Crippen molar-refractivity contribution in [1.82, 2.24) is 9.97 Å². The van der Waals surface area contributed by atoms with Gasteiger partial charge in [0.25, 0.3) is 0 Å². The molecule has 0 saturated carbocycles. The zero-order valence-electron chi connectivity index (χ0n) is 12.7. The molecule has 4 N–H and O–H groups in total. The fraction of sp³-hybridized carbons (Fsp3) is 0.692. The Morgan fingerprint density at radius 1 is 1.20 bits per heavy atom. The topological polar surface area (TPSA) is 94.3 Å². The number of rotatable bonds is 9. The summed E-state index contributed by atoms with van der Waals surface area (Å²) in [6.07, 6.45) is 0.967. The van der Waals surface area contributed by atoms with Crippen LogP contribution >= 0.6 is 0 Å². The molecule has 7 nitrogen and oxygen atoms in total. The van der Waals surface area contributed by atoms with E-state index in [9.17, 15) is 0 Å². The third kappa shape index (κ3) is 5.68. The van der Waals surface area contributed by atoms with E-state index in [4.69, 9.17) is 15.3 Å². The summed E-state index contributed by atoms with van der Waals surface area (Å²) in [5, 5.41) is 3.31. The van der Waals surface area contributed by atoms with E-state index in [1.54, 1.807) is 20.3 Å². The Labute approximate surface area is 120 Å². The van der Waals surface area contributed by atoms with Gasteiger partial charge in [-0.25, -0.2) is 15.8 Å². The van der Waals surface area contributed by atoms with Crippen molar-refractivity contribution in [2.75, 3.05) is 38.1 Å². The number of hydrogen-bond acceptors (Lipinski definition) is 7. The maximum Gasteiger partial charge on any atom is 0.158 e. The molecule has 0 atom stereocenters. The first-order chi connectivity index (χ1) is 9.50. The SMILES string of the molecule is COCCC(C)(C)CNc1cc(NN)nc(COC)n1. The van der Waals surface area contributed by atoms with Crippen molar-refractivity contribution in [3.63, 3.8) is 0 Å². The van der Waals surface area contributed by atoms with Crippen molar-refractivity contribution >= 4 is 11.6 Å². The summed E-state index contributed by atoms with van der Waals surface area (Å²) in [5.41, 5.74) is 2.64. The highest BCUT2D eigenvalue weighted by molar-refractivity contribution is 5.46. The van der Waals surface area contributed by atoms with Gasteiger partial charge < -0.3 is 20.2 Å². The molecule has 0 aliphatic rings. The number of ether oxygens (including phenoxy) is 2. The molecule has 1 rings (SSSR count). The van der Waals surface area contributed by atoms with Crippen LogP contribution in [-0.4, -0.2) is 37.3 Å². The van der Waals surface area contributed by atoms with E-state index in [2.05, 4.69) is 34.6 Å². The molecule has 1 heterocycles. The van der Waals surface area contributed by atoms with Gasteiger partial charge >= 0.3 is 0 Å². The summed E-state index contributed by atoms with van der Waals surface area (Å²) in [7, 11) is 3.32. The van der Waals surface area contributed by atoms with Gasteiger partial charge in [0.15, 0.2) is 5.82 Å². The number of anilines is 2. The second-order valence-electron chi connectivity index (χ2n) is 5.39. The molecule has 0 aromatic carbocycles. The van der Waals surface area contributed by atoms with Crippen LogP contribution in [0.5, 0.6) is 0 Å². The summed E-state index contributed by atoms with van der Waals surface area (Å²) in [5.74, 6) is 7.28. The van der Waals surface area contributed by atoms with Crippen molar-refractivity contribution in [3.8, 4) is 0 Å². The highest BCUT2D eigenvalue weighted by Gasteiger charge is 2.17. The lowest BCUT2D eigenvalue weighted by molar-refractivity contribution is 0.157. The van der Waals surface area contributed by atoms with E-state index in [0.29, 0.717) is 18.2 Å². The third-order valence-electron chi connectivity index (χ3n) is 2.92. The van der Waals surface area contributed by atoms with Gasteiger partial charge in [0.05, 0.1) is 0 Å². The number of aromatic nitrogens is 2. The average molecular weight is 283 g/mol. The molecule has 114 valence electrons.